The summed E-state index contributed by atoms with van der Waals surface area (Å²) in [5.74, 6) is 1.15. The predicted octanol–water partition coefficient (Wildman–Crippen LogP) is 4.12. The summed E-state index contributed by atoms with van der Waals surface area (Å²) in [4.78, 5) is 0. The molecule has 17 heavy (non-hydrogen) atoms. The van der Waals surface area contributed by atoms with Crippen LogP contribution in [-0.2, 0) is 10.2 Å². The first-order chi connectivity index (χ1) is 7.97. The second kappa shape index (κ2) is 4.45. The fraction of sp³-hybridized carbons (Fsp3) is 0.625. The van der Waals surface area contributed by atoms with Crippen LogP contribution in [0.2, 0.25) is 0 Å². The Bertz CT molecular complexity index is 392. The molecule has 0 amide bonds. The van der Waals surface area contributed by atoms with Crippen molar-refractivity contribution in [2.24, 2.45) is 5.92 Å². The number of hydrogen-bond donors (Lipinski definition) is 0. The molecule has 0 radical (unpaired) electrons. The van der Waals surface area contributed by atoms with Gasteiger partial charge in [-0.1, -0.05) is 52.0 Å². The number of rotatable bonds is 2. The first-order valence-electron chi connectivity index (χ1n) is 6.59. The van der Waals surface area contributed by atoms with E-state index in [2.05, 4.69) is 52.0 Å². The van der Waals surface area contributed by atoms with E-state index in [1.54, 1.807) is 0 Å². The first kappa shape index (κ1) is 12.6. The third kappa shape index (κ3) is 2.13. The third-order valence-electron chi connectivity index (χ3n) is 4.18. The number of methoxy groups -OCH3 is 1. The minimum atomic E-state index is 0.225. The molecule has 1 aromatic rings. The molecular formula is C16H24O. The molecule has 0 spiro atoms. The maximum absolute atomic E-state index is 5.76. The number of ether oxygens (including phenoxy) is 1. The molecule has 0 aromatic heterocycles. The lowest BCUT2D eigenvalue weighted by atomic mass is 9.65. The molecule has 0 unspecified atom stereocenters. The highest BCUT2D eigenvalue weighted by atomic mass is 16.5. The minimum Gasteiger partial charge on any atom is -0.381 e. The van der Waals surface area contributed by atoms with Crippen LogP contribution in [-0.4, -0.2) is 13.2 Å². The molecule has 1 heteroatoms. The van der Waals surface area contributed by atoms with Crippen molar-refractivity contribution >= 4 is 0 Å². The summed E-state index contributed by atoms with van der Waals surface area (Å²) in [6, 6.07) is 8.89. The highest BCUT2D eigenvalue weighted by molar-refractivity contribution is 5.40. The fourth-order valence-corrected chi connectivity index (χ4v) is 3.36. The van der Waals surface area contributed by atoms with E-state index >= 15 is 0 Å². The van der Waals surface area contributed by atoms with E-state index in [0.29, 0.717) is 17.9 Å². The first-order valence-corrected chi connectivity index (χ1v) is 6.59. The summed E-state index contributed by atoms with van der Waals surface area (Å²) >= 11 is 0. The van der Waals surface area contributed by atoms with E-state index in [1.165, 1.54) is 11.1 Å². The maximum Gasteiger partial charge on any atom is 0.0650 e. The Balaban J connectivity index is 2.53. The smallest absolute Gasteiger partial charge is 0.0650 e. The van der Waals surface area contributed by atoms with Crippen LogP contribution in [0.15, 0.2) is 24.3 Å². The van der Waals surface area contributed by atoms with Crippen LogP contribution in [0, 0.1) is 5.92 Å². The summed E-state index contributed by atoms with van der Waals surface area (Å²) in [6.07, 6.45) is 1.46. The monoisotopic (exact) mass is 232 g/mol. The quantitative estimate of drug-likeness (QED) is 0.745. The molecule has 94 valence electrons. The van der Waals surface area contributed by atoms with Crippen LogP contribution in [0.4, 0.5) is 0 Å². The number of benzene rings is 1. The van der Waals surface area contributed by atoms with Crippen molar-refractivity contribution in [3.8, 4) is 0 Å². The summed E-state index contributed by atoms with van der Waals surface area (Å²) < 4.78 is 5.76. The molecule has 0 fully saturated rings. The zero-order valence-electron chi connectivity index (χ0n) is 11.7. The average Bonchev–Trinajstić information content (AvgIpc) is 2.27. The summed E-state index contributed by atoms with van der Waals surface area (Å²) in [6.45, 7) is 9.25. The standard InChI is InChI=1S/C16H24O/c1-11(2)15-12-8-6-7-9-13(12)16(3,4)10-14(15)17-5/h6-9,11,14-15H,10H2,1-5H3/t14-,15+/m0/s1. The summed E-state index contributed by atoms with van der Waals surface area (Å²) in [5.41, 5.74) is 3.22. The Morgan fingerprint density at radius 3 is 2.47 bits per heavy atom. The summed E-state index contributed by atoms with van der Waals surface area (Å²) in [5, 5.41) is 0. The van der Waals surface area contributed by atoms with Crippen molar-refractivity contribution in [3.63, 3.8) is 0 Å². The molecule has 0 saturated carbocycles. The van der Waals surface area contributed by atoms with Crippen LogP contribution in [0.1, 0.15) is 51.2 Å². The van der Waals surface area contributed by atoms with Crippen molar-refractivity contribution in [3.05, 3.63) is 35.4 Å². The minimum absolute atomic E-state index is 0.225. The van der Waals surface area contributed by atoms with E-state index < -0.39 is 0 Å². The van der Waals surface area contributed by atoms with Crippen molar-refractivity contribution in [2.45, 2.75) is 51.6 Å². The Morgan fingerprint density at radius 1 is 1.24 bits per heavy atom. The van der Waals surface area contributed by atoms with Crippen molar-refractivity contribution < 1.29 is 4.74 Å². The lowest BCUT2D eigenvalue weighted by Gasteiger charge is -2.43. The van der Waals surface area contributed by atoms with E-state index in [1.807, 2.05) is 7.11 Å². The molecule has 1 aliphatic rings. The molecule has 0 N–H and O–H groups in total. The van der Waals surface area contributed by atoms with Gasteiger partial charge < -0.3 is 4.74 Å². The van der Waals surface area contributed by atoms with Crippen LogP contribution in [0.3, 0.4) is 0 Å². The van der Waals surface area contributed by atoms with Gasteiger partial charge in [-0.15, -0.1) is 0 Å². The zero-order chi connectivity index (χ0) is 12.6. The molecular weight excluding hydrogens is 208 g/mol. The van der Waals surface area contributed by atoms with Crippen LogP contribution < -0.4 is 0 Å². The summed E-state index contributed by atoms with van der Waals surface area (Å²) in [7, 11) is 1.85. The Labute approximate surface area is 105 Å². The largest absolute Gasteiger partial charge is 0.381 e. The zero-order valence-corrected chi connectivity index (χ0v) is 11.7. The van der Waals surface area contributed by atoms with Gasteiger partial charge >= 0.3 is 0 Å². The maximum atomic E-state index is 5.76. The van der Waals surface area contributed by atoms with Crippen molar-refractivity contribution in [2.75, 3.05) is 7.11 Å². The normalized spacial score (nSPS) is 26.9. The topological polar surface area (TPSA) is 9.23 Å². The number of hydrogen-bond acceptors (Lipinski definition) is 1. The van der Waals surface area contributed by atoms with Crippen molar-refractivity contribution in [1.82, 2.24) is 0 Å². The van der Waals surface area contributed by atoms with Gasteiger partial charge in [0.25, 0.3) is 0 Å². The van der Waals surface area contributed by atoms with Gasteiger partial charge in [0.2, 0.25) is 0 Å². The SMILES string of the molecule is CO[C@H]1CC(C)(C)c2ccccc2[C@H]1C(C)C. The van der Waals surface area contributed by atoms with Gasteiger partial charge in [0.1, 0.15) is 0 Å². The molecule has 0 bridgehead atoms. The molecule has 1 aromatic carbocycles. The Kier molecular flexibility index (Phi) is 3.31. The molecule has 1 nitrogen and oxygen atoms in total. The van der Waals surface area contributed by atoms with Gasteiger partial charge in [0.05, 0.1) is 6.10 Å². The van der Waals surface area contributed by atoms with Crippen LogP contribution in [0.25, 0.3) is 0 Å². The molecule has 2 atom stereocenters. The highest BCUT2D eigenvalue weighted by Gasteiger charge is 2.40. The lowest BCUT2D eigenvalue weighted by Crippen LogP contribution is -2.39. The highest BCUT2D eigenvalue weighted by Crippen LogP contribution is 2.46. The van der Waals surface area contributed by atoms with Gasteiger partial charge in [-0.3, -0.25) is 0 Å². The number of fused-ring (bicyclic) bond motifs is 1. The Hall–Kier alpha value is -0.820. The van der Waals surface area contributed by atoms with Crippen molar-refractivity contribution in [1.29, 1.82) is 0 Å². The third-order valence-corrected chi connectivity index (χ3v) is 4.18. The van der Waals surface area contributed by atoms with Gasteiger partial charge in [0.15, 0.2) is 0 Å². The average molecular weight is 232 g/mol. The van der Waals surface area contributed by atoms with Gasteiger partial charge in [-0.05, 0) is 28.9 Å². The van der Waals surface area contributed by atoms with Gasteiger partial charge in [0, 0.05) is 13.0 Å². The second-order valence-corrected chi connectivity index (χ2v) is 6.22. The van der Waals surface area contributed by atoms with E-state index in [-0.39, 0.29) is 5.41 Å². The molecule has 0 aliphatic heterocycles. The fourth-order valence-electron chi connectivity index (χ4n) is 3.36. The second-order valence-electron chi connectivity index (χ2n) is 6.22. The molecule has 0 saturated heterocycles. The van der Waals surface area contributed by atoms with Crippen LogP contribution >= 0.6 is 0 Å². The van der Waals surface area contributed by atoms with Gasteiger partial charge in [-0.2, -0.15) is 0 Å². The Morgan fingerprint density at radius 2 is 1.88 bits per heavy atom. The molecule has 1 aliphatic carbocycles. The molecule has 0 heterocycles. The predicted molar refractivity (Wildman–Crippen MR) is 72.5 cm³/mol. The lowest BCUT2D eigenvalue weighted by molar-refractivity contribution is 0.0331. The molecule has 2 rings (SSSR count). The van der Waals surface area contributed by atoms with E-state index in [0.717, 1.165) is 6.42 Å². The van der Waals surface area contributed by atoms with E-state index in [4.69, 9.17) is 4.74 Å². The van der Waals surface area contributed by atoms with Crippen LogP contribution in [0.5, 0.6) is 0 Å². The van der Waals surface area contributed by atoms with Gasteiger partial charge in [-0.25, -0.2) is 0 Å². The van der Waals surface area contributed by atoms with E-state index in [9.17, 15) is 0 Å².